The van der Waals surface area contributed by atoms with Crippen molar-refractivity contribution in [3.05, 3.63) is 0 Å². The molecule has 0 fully saturated rings. The first kappa shape index (κ1) is 13.2. The van der Waals surface area contributed by atoms with Crippen LogP contribution in [0.1, 0.15) is 27.7 Å². The van der Waals surface area contributed by atoms with Crippen molar-refractivity contribution in [1.29, 1.82) is 0 Å². The number of rotatable bonds is 4. The number of nitrogens with two attached hydrogens (primary N) is 1. The van der Waals surface area contributed by atoms with Crippen molar-refractivity contribution in [1.82, 2.24) is 10.6 Å². The maximum atomic E-state index is 11.0. The number of carbonyl (C=O) groups excluding carboxylic acids is 1. The molecule has 0 saturated carbocycles. The Morgan fingerprint density at radius 3 is 2.36 bits per heavy atom. The van der Waals surface area contributed by atoms with E-state index in [0.717, 1.165) is 0 Å². The first-order chi connectivity index (χ1) is 6.25. The molecule has 1 amide bonds. The van der Waals surface area contributed by atoms with Crippen LogP contribution in [0.4, 0.5) is 0 Å². The second kappa shape index (κ2) is 5.14. The van der Waals surface area contributed by atoms with Gasteiger partial charge in [0, 0.05) is 12.6 Å². The highest BCUT2D eigenvalue weighted by Gasteiger charge is 2.24. The van der Waals surface area contributed by atoms with Gasteiger partial charge in [0.05, 0.1) is 5.41 Å². The zero-order chi connectivity index (χ0) is 11.4. The Hall–Kier alpha value is -0.840. The van der Waals surface area contributed by atoms with Crippen LogP contribution in [0.3, 0.4) is 0 Å². The third kappa shape index (κ3) is 5.01. The lowest BCUT2D eigenvalue weighted by atomic mass is 9.93. The van der Waals surface area contributed by atoms with Crippen LogP contribution in [0, 0.1) is 5.41 Å². The van der Waals surface area contributed by atoms with E-state index in [1.165, 1.54) is 0 Å². The SMILES string of the molecule is CC(C)NC(=S)NCC(C)(C)C(N)=O. The molecule has 4 N–H and O–H groups in total. The predicted octanol–water partition coefficient (Wildman–Crippen LogP) is 0.370. The Kier molecular flexibility index (Phi) is 4.83. The second-order valence-electron chi connectivity index (χ2n) is 4.23. The standard InChI is InChI=1S/C9H19N3OS/c1-6(2)12-8(14)11-5-9(3,4)7(10)13/h6H,5H2,1-4H3,(H2,10,13)(H2,11,12,14). The molecular formula is C9H19N3OS. The smallest absolute Gasteiger partial charge is 0.224 e. The number of thiocarbonyl (C=S) groups is 1. The highest BCUT2D eigenvalue weighted by molar-refractivity contribution is 7.80. The molecule has 0 saturated heterocycles. The molecular weight excluding hydrogens is 198 g/mol. The zero-order valence-electron chi connectivity index (χ0n) is 9.18. The van der Waals surface area contributed by atoms with Crippen molar-refractivity contribution in [3.63, 3.8) is 0 Å². The Labute approximate surface area is 90.6 Å². The molecule has 0 rings (SSSR count). The Morgan fingerprint density at radius 1 is 1.50 bits per heavy atom. The van der Waals surface area contributed by atoms with Gasteiger partial charge in [-0.25, -0.2) is 0 Å². The lowest BCUT2D eigenvalue weighted by Gasteiger charge is -2.22. The van der Waals surface area contributed by atoms with Gasteiger partial charge in [-0.2, -0.15) is 0 Å². The molecule has 0 radical (unpaired) electrons. The van der Waals surface area contributed by atoms with E-state index in [9.17, 15) is 4.79 Å². The minimum atomic E-state index is -0.581. The normalized spacial score (nSPS) is 11.2. The van der Waals surface area contributed by atoms with E-state index in [4.69, 9.17) is 18.0 Å². The minimum absolute atomic E-state index is 0.284. The fourth-order valence-corrected chi connectivity index (χ4v) is 1.01. The highest BCUT2D eigenvalue weighted by Crippen LogP contribution is 2.11. The highest BCUT2D eigenvalue weighted by atomic mass is 32.1. The molecule has 0 aromatic rings. The molecule has 82 valence electrons. The predicted molar refractivity (Wildman–Crippen MR) is 61.8 cm³/mol. The number of carbonyl (C=O) groups is 1. The minimum Gasteiger partial charge on any atom is -0.369 e. The van der Waals surface area contributed by atoms with Crippen LogP contribution < -0.4 is 16.4 Å². The summed E-state index contributed by atoms with van der Waals surface area (Å²) in [7, 11) is 0. The molecule has 0 atom stereocenters. The quantitative estimate of drug-likeness (QED) is 0.595. The van der Waals surface area contributed by atoms with E-state index in [1.54, 1.807) is 13.8 Å². The van der Waals surface area contributed by atoms with Crippen molar-refractivity contribution >= 4 is 23.2 Å². The Bertz CT molecular complexity index is 226. The van der Waals surface area contributed by atoms with Crippen LogP contribution in [-0.2, 0) is 4.79 Å². The summed E-state index contributed by atoms with van der Waals surface area (Å²) in [5.74, 6) is -0.336. The number of hydrogen-bond donors (Lipinski definition) is 3. The molecule has 0 spiro atoms. The number of hydrogen-bond acceptors (Lipinski definition) is 2. The summed E-state index contributed by atoms with van der Waals surface area (Å²) in [5.41, 5.74) is 4.63. The van der Waals surface area contributed by atoms with Gasteiger partial charge >= 0.3 is 0 Å². The van der Waals surface area contributed by atoms with Gasteiger partial charge in [-0.05, 0) is 39.9 Å². The average molecular weight is 217 g/mol. The van der Waals surface area contributed by atoms with E-state index < -0.39 is 5.41 Å². The van der Waals surface area contributed by atoms with Crippen LogP contribution in [0.2, 0.25) is 0 Å². The Balaban J connectivity index is 3.94. The summed E-state index contributed by atoms with van der Waals surface area (Å²) in [6.45, 7) is 7.99. The monoisotopic (exact) mass is 217 g/mol. The first-order valence-electron chi connectivity index (χ1n) is 4.60. The summed E-state index contributed by atoms with van der Waals surface area (Å²) in [4.78, 5) is 11.0. The van der Waals surface area contributed by atoms with Gasteiger partial charge in [-0.3, -0.25) is 4.79 Å². The fourth-order valence-electron chi connectivity index (χ4n) is 0.702. The maximum absolute atomic E-state index is 11.0. The molecule has 0 heterocycles. The lowest BCUT2D eigenvalue weighted by Crippen LogP contribution is -2.46. The van der Waals surface area contributed by atoms with Gasteiger partial charge in [0.2, 0.25) is 5.91 Å². The van der Waals surface area contributed by atoms with E-state index >= 15 is 0 Å². The summed E-state index contributed by atoms with van der Waals surface area (Å²) in [6, 6.07) is 0.284. The molecule has 0 aliphatic rings. The molecule has 0 unspecified atom stereocenters. The maximum Gasteiger partial charge on any atom is 0.224 e. The van der Waals surface area contributed by atoms with E-state index in [0.29, 0.717) is 11.7 Å². The van der Waals surface area contributed by atoms with Crippen molar-refractivity contribution < 1.29 is 4.79 Å². The topological polar surface area (TPSA) is 67.2 Å². The van der Waals surface area contributed by atoms with Crippen molar-refractivity contribution in [2.24, 2.45) is 11.1 Å². The van der Waals surface area contributed by atoms with Crippen LogP contribution in [0.25, 0.3) is 0 Å². The molecule has 0 aliphatic heterocycles. The molecule has 4 nitrogen and oxygen atoms in total. The van der Waals surface area contributed by atoms with E-state index in [-0.39, 0.29) is 11.9 Å². The van der Waals surface area contributed by atoms with Gasteiger partial charge in [0.15, 0.2) is 5.11 Å². The molecule has 5 heteroatoms. The first-order valence-corrected chi connectivity index (χ1v) is 5.01. The van der Waals surface area contributed by atoms with Crippen LogP contribution in [-0.4, -0.2) is 23.6 Å². The van der Waals surface area contributed by atoms with Gasteiger partial charge in [0.1, 0.15) is 0 Å². The second-order valence-corrected chi connectivity index (χ2v) is 4.64. The molecule has 0 aromatic heterocycles. The van der Waals surface area contributed by atoms with Gasteiger partial charge in [-0.15, -0.1) is 0 Å². The van der Waals surface area contributed by atoms with Crippen LogP contribution >= 0.6 is 12.2 Å². The van der Waals surface area contributed by atoms with Crippen molar-refractivity contribution in [2.45, 2.75) is 33.7 Å². The lowest BCUT2D eigenvalue weighted by molar-refractivity contribution is -0.125. The zero-order valence-corrected chi connectivity index (χ0v) is 9.99. The van der Waals surface area contributed by atoms with Gasteiger partial charge < -0.3 is 16.4 Å². The average Bonchev–Trinajstić information content (AvgIpc) is 1.99. The summed E-state index contributed by atoms with van der Waals surface area (Å²) < 4.78 is 0. The summed E-state index contributed by atoms with van der Waals surface area (Å²) in [5, 5.41) is 6.53. The van der Waals surface area contributed by atoms with Crippen LogP contribution in [0.15, 0.2) is 0 Å². The molecule has 14 heavy (non-hydrogen) atoms. The third-order valence-electron chi connectivity index (χ3n) is 1.78. The molecule has 0 aromatic carbocycles. The number of primary amides is 1. The molecule has 0 aliphatic carbocycles. The Morgan fingerprint density at radius 2 is 2.00 bits per heavy atom. The van der Waals surface area contributed by atoms with E-state index in [1.807, 2.05) is 13.8 Å². The third-order valence-corrected chi connectivity index (χ3v) is 2.04. The summed E-state index contributed by atoms with van der Waals surface area (Å²) >= 11 is 5.01. The van der Waals surface area contributed by atoms with Gasteiger partial charge in [0.25, 0.3) is 0 Å². The number of nitrogens with one attached hydrogen (secondary N) is 2. The van der Waals surface area contributed by atoms with Crippen molar-refractivity contribution in [3.8, 4) is 0 Å². The number of amides is 1. The largest absolute Gasteiger partial charge is 0.369 e. The summed E-state index contributed by atoms with van der Waals surface area (Å²) in [6.07, 6.45) is 0. The van der Waals surface area contributed by atoms with Gasteiger partial charge in [-0.1, -0.05) is 0 Å². The van der Waals surface area contributed by atoms with E-state index in [2.05, 4.69) is 10.6 Å². The fraction of sp³-hybridized carbons (Fsp3) is 0.778. The molecule has 0 bridgehead atoms. The van der Waals surface area contributed by atoms with Crippen molar-refractivity contribution in [2.75, 3.05) is 6.54 Å². The van der Waals surface area contributed by atoms with Crippen LogP contribution in [0.5, 0.6) is 0 Å².